The van der Waals surface area contributed by atoms with Crippen LogP contribution in [-0.4, -0.2) is 23.9 Å². The molecule has 0 unspecified atom stereocenters. The molecule has 0 aliphatic carbocycles. The van der Waals surface area contributed by atoms with Crippen LogP contribution in [0.5, 0.6) is 0 Å². The number of hydrogen-bond donors (Lipinski definition) is 1. The molecule has 0 aromatic heterocycles. The van der Waals surface area contributed by atoms with Gasteiger partial charge < -0.3 is 10.6 Å². The third-order valence-electron chi connectivity index (χ3n) is 1.99. The summed E-state index contributed by atoms with van der Waals surface area (Å²) >= 11 is 0. The molecule has 0 radical (unpaired) electrons. The molecule has 3 heteroatoms. The maximum absolute atomic E-state index is 11.0. The minimum atomic E-state index is -0.297. The molecule has 0 saturated heterocycles. The van der Waals surface area contributed by atoms with Crippen LogP contribution in [0.25, 0.3) is 0 Å². The molecule has 3 nitrogen and oxygen atoms in total. The molecule has 0 aromatic rings. The molecule has 13 heavy (non-hydrogen) atoms. The Labute approximate surface area is 80.6 Å². The normalized spacial score (nSPS) is 11.5. The number of rotatable bonds is 6. The second-order valence-corrected chi connectivity index (χ2v) is 2.99. The van der Waals surface area contributed by atoms with Crippen molar-refractivity contribution in [1.29, 1.82) is 0 Å². The van der Waals surface area contributed by atoms with E-state index in [1.165, 1.54) is 0 Å². The molecule has 0 rings (SSSR count). The molecule has 1 amide bonds. The van der Waals surface area contributed by atoms with Crippen molar-refractivity contribution in [2.45, 2.75) is 33.6 Å². The second kappa shape index (κ2) is 6.52. The van der Waals surface area contributed by atoms with E-state index in [1.807, 2.05) is 13.1 Å². The van der Waals surface area contributed by atoms with Crippen molar-refractivity contribution in [3.63, 3.8) is 0 Å². The van der Waals surface area contributed by atoms with Crippen LogP contribution in [0, 0.1) is 0 Å². The molecule has 2 N–H and O–H groups in total. The van der Waals surface area contributed by atoms with Gasteiger partial charge in [-0.1, -0.05) is 13.3 Å². The summed E-state index contributed by atoms with van der Waals surface area (Å²) in [5.41, 5.74) is 5.97. The summed E-state index contributed by atoms with van der Waals surface area (Å²) in [7, 11) is 0. The van der Waals surface area contributed by atoms with Gasteiger partial charge in [0, 0.05) is 24.9 Å². The number of carbonyl (C=O) groups excluding carboxylic acids is 1. The van der Waals surface area contributed by atoms with Crippen LogP contribution >= 0.6 is 0 Å². The van der Waals surface area contributed by atoms with Gasteiger partial charge in [0.05, 0.1) is 0 Å². The first-order valence-corrected chi connectivity index (χ1v) is 4.90. The van der Waals surface area contributed by atoms with Crippen LogP contribution in [0.4, 0.5) is 0 Å². The standard InChI is InChI=1S/C10H20N2O/c1-4-7-9(10(11)13)8-12(5-2)6-3/h8H,4-7H2,1-3H3,(H2,11,13)/b9-8-. The van der Waals surface area contributed by atoms with Crippen molar-refractivity contribution in [2.75, 3.05) is 13.1 Å². The number of amides is 1. The van der Waals surface area contributed by atoms with Gasteiger partial charge in [-0.05, 0) is 20.3 Å². The van der Waals surface area contributed by atoms with E-state index in [0.29, 0.717) is 0 Å². The SMILES string of the molecule is CCC/C(=C/N(CC)CC)C(N)=O. The van der Waals surface area contributed by atoms with E-state index in [4.69, 9.17) is 5.73 Å². The Balaban J connectivity index is 4.40. The predicted molar refractivity (Wildman–Crippen MR) is 55.1 cm³/mol. The Bertz CT molecular complexity index is 183. The minimum absolute atomic E-state index is 0.297. The van der Waals surface area contributed by atoms with E-state index in [0.717, 1.165) is 31.5 Å². The molecule has 76 valence electrons. The Kier molecular flexibility index (Phi) is 6.02. The van der Waals surface area contributed by atoms with E-state index in [9.17, 15) is 4.79 Å². The summed E-state index contributed by atoms with van der Waals surface area (Å²) in [6.07, 6.45) is 3.60. The van der Waals surface area contributed by atoms with Gasteiger partial charge in [-0.25, -0.2) is 0 Å². The highest BCUT2D eigenvalue weighted by Crippen LogP contribution is 2.05. The van der Waals surface area contributed by atoms with Crippen LogP contribution in [0.3, 0.4) is 0 Å². The molecule has 0 aliphatic heterocycles. The summed E-state index contributed by atoms with van der Waals surface area (Å²) in [5, 5.41) is 0. The summed E-state index contributed by atoms with van der Waals surface area (Å²) in [6, 6.07) is 0. The predicted octanol–water partition coefficient (Wildman–Crippen LogP) is 1.50. The van der Waals surface area contributed by atoms with Gasteiger partial charge in [0.2, 0.25) is 5.91 Å². The molecule has 0 saturated carbocycles. The fourth-order valence-corrected chi connectivity index (χ4v) is 1.15. The van der Waals surface area contributed by atoms with E-state index in [-0.39, 0.29) is 5.91 Å². The third kappa shape index (κ3) is 4.55. The summed E-state index contributed by atoms with van der Waals surface area (Å²) < 4.78 is 0. The first kappa shape index (κ1) is 12.0. The van der Waals surface area contributed by atoms with Crippen molar-refractivity contribution in [3.8, 4) is 0 Å². The lowest BCUT2D eigenvalue weighted by molar-refractivity contribution is -0.114. The summed E-state index contributed by atoms with van der Waals surface area (Å²) in [5.74, 6) is -0.297. The topological polar surface area (TPSA) is 46.3 Å². The Hall–Kier alpha value is -0.990. The third-order valence-corrected chi connectivity index (χ3v) is 1.99. The van der Waals surface area contributed by atoms with Crippen molar-refractivity contribution in [3.05, 3.63) is 11.8 Å². The van der Waals surface area contributed by atoms with E-state index in [1.54, 1.807) is 0 Å². The van der Waals surface area contributed by atoms with Gasteiger partial charge in [0.1, 0.15) is 0 Å². The van der Waals surface area contributed by atoms with Crippen LogP contribution in [-0.2, 0) is 4.79 Å². The Morgan fingerprint density at radius 1 is 1.31 bits per heavy atom. The maximum atomic E-state index is 11.0. The van der Waals surface area contributed by atoms with E-state index < -0.39 is 0 Å². The number of nitrogens with two attached hydrogens (primary N) is 1. The van der Waals surface area contributed by atoms with Gasteiger partial charge >= 0.3 is 0 Å². The number of primary amides is 1. The van der Waals surface area contributed by atoms with Crippen LogP contribution in [0.1, 0.15) is 33.6 Å². The van der Waals surface area contributed by atoms with Crippen LogP contribution < -0.4 is 5.73 Å². The molecule has 0 spiro atoms. The number of hydrogen-bond acceptors (Lipinski definition) is 2. The lowest BCUT2D eigenvalue weighted by Gasteiger charge is -2.16. The first-order valence-electron chi connectivity index (χ1n) is 4.90. The van der Waals surface area contributed by atoms with E-state index in [2.05, 4.69) is 18.7 Å². The first-order chi connectivity index (χ1) is 6.15. The maximum Gasteiger partial charge on any atom is 0.246 e. The monoisotopic (exact) mass is 184 g/mol. The summed E-state index contributed by atoms with van der Waals surface area (Å²) in [4.78, 5) is 13.1. The van der Waals surface area contributed by atoms with Crippen molar-refractivity contribution >= 4 is 5.91 Å². The van der Waals surface area contributed by atoms with Gasteiger partial charge in [-0.2, -0.15) is 0 Å². The average molecular weight is 184 g/mol. The molecule has 0 aromatic carbocycles. The van der Waals surface area contributed by atoms with Gasteiger partial charge in [-0.15, -0.1) is 0 Å². The number of nitrogens with zero attached hydrogens (tertiary/aromatic N) is 1. The second-order valence-electron chi connectivity index (χ2n) is 2.99. The highest BCUT2D eigenvalue weighted by molar-refractivity contribution is 5.91. The van der Waals surface area contributed by atoms with Gasteiger partial charge in [-0.3, -0.25) is 4.79 Å². The Morgan fingerprint density at radius 2 is 1.85 bits per heavy atom. The van der Waals surface area contributed by atoms with Crippen molar-refractivity contribution in [2.24, 2.45) is 5.73 Å². The average Bonchev–Trinajstić information content (AvgIpc) is 2.11. The minimum Gasteiger partial charge on any atom is -0.378 e. The zero-order valence-corrected chi connectivity index (χ0v) is 8.84. The highest BCUT2D eigenvalue weighted by Gasteiger charge is 2.04. The fraction of sp³-hybridized carbons (Fsp3) is 0.700. The smallest absolute Gasteiger partial charge is 0.246 e. The molecular formula is C10H20N2O. The van der Waals surface area contributed by atoms with Crippen LogP contribution in [0.2, 0.25) is 0 Å². The molecule has 0 atom stereocenters. The van der Waals surface area contributed by atoms with Crippen LogP contribution in [0.15, 0.2) is 11.8 Å². The van der Waals surface area contributed by atoms with Gasteiger partial charge in [0.25, 0.3) is 0 Å². The fourth-order valence-electron chi connectivity index (χ4n) is 1.15. The molecule has 0 bridgehead atoms. The molecular weight excluding hydrogens is 164 g/mol. The number of carbonyl (C=O) groups is 1. The zero-order chi connectivity index (χ0) is 10.3. The largest absolute Gasteiger partial charge is 0.378 e. The van der Waals surface area contributed by atoms with Gasteiger partial charge in [0.15, 0.2) is 0 Å². The lowest BCUT2D eigenvalue weighted by atomic mass is 10.1. The lowest BCUT2D eigenvalue weighted by Crippen LogP contribution is -2.21. The zero-order valence-electron chi connectivity index (χ0n) is 8.84. The molecule has 0 fully saturated rings. The molecule has 0 aliphatic rings. The Morgan fingerprint density at radius 3 is 2.15 bits per heavy atom. The quantitative estimate of drug-likeness (QED) is 0.636. The summed E-state index contributed by atoms with van der Waals surface area (Å²) in [6.45, 7) is 7.99. The highest BCUT2D eigenvalue weighted by atomic mass is 16.1. The van der Waals surface area contributed by atoms with Crippen molar-refractivity contribution in [1.82, 2.24) is 4.90 Å². The molecule has 0 heterocycles. The van der Waals surface area contributed by atoms with E-state index >= 15 is 0 Å². The van der Waals surface area contributed by atoms with Crippen molar-refractivity contribution < 1.29 is 4.79 Å².